The summed E-state index contributed by atoms with van der Waals surface area (Å²) < 4.78 is 0. The summed E-state index contributed by atoms with van der Waals surface area (Å²) in [5, 5.41) is 6.66. The molecule has 3 rings (SSSR count). The standard InChI is InChI=1S/C19H15ClN4O2S/c1-13(25)24(17-8-3-2-4-9-17)19-22-16(12-27-19)11-21-23-18(26)14-6-5-7-15(20)10-14/h2-12H,1H3,(H,23,26)/b21-11-. The minimum absolute atomic E-state index is 0.145. The predicted molar refractivity (Wildman–Crippen MR) is 108 cm³/mol. The Morgan fingerprint density at radius 1 is 1.19 bits per heavy atom. The summed E-state index contributed by atoms with van der Waals surface area (Å²) in [6.45, 7) is 1.48. The van der Waals surface area contributed by atoms with Gasteiger partial charge in [-0.15, -0.1) is 11.3 Å². The second-order valence-corrected chi connectivity index (χ2v) is 6.73. The monoisotopic (exact) mass is 398 g/mol. The van der Waals surface area contributed by atoms with E-state index in [0.29, 0.717) is 21.4 Å². The maximum absolute atomic E-state index is 12.0. The van der Waals surface area contributed by atoms with Crippen molar-refractivity contribution in [2.75, 3.05) is 4.90 Å². The summed E-state index contributed by atoms with van der Waals surface area (Å²) in [6.07, 6.45) is 1.42. The van der Waals surface area contributed by atoms with E-state index < -0.39 is 0 Å². The minimum Gasteiger partial charge on any atom is -0.274 e. The number of hydrazone groups is 1. The van der Waals surface area contributed by atoms with E-state index in [1.165, 1.54) is 29.4 Å². The second-order valence-electron chi connectivity index (χ2n) is 5.45. The molecular formula is C19H15ClN4O2S. The largest absolute Gasteiger partial charge is 0.274 e. The summed E-state index contributed by atoms with van der Waals surface area (Å²) in [4.78, 5) is 30.0. The highest BCUT2D eigenvalue weighted by molar-refractivity contribution is 7.14. The van der Waals surface area contributed by atoms with Crippen molar-refractivity contribution in [1.82, 2.24) is 10.4 Å². The van der Waals surface area contributed by atoms with Gasteiger partial charge in [-0.25, -0.2) is 10.4 Å². The number of carbonyl (C=O) groups excluding carboxylic acids is 2. The van der Waals surface area contributed by atoms with Crippen LogP contribution >= 0.6 is 22.9 Å². The van der Waals surface area contributed by atoms with E-state index in [9.17, 15) is 9.59 Å². The molecule has 2 amide bonds. The Hall–Kier alpha value is -3.03. The van der Waals surface area contributed by atoms with Crippen molar-refractivity contribution in [3.05, 3.63) is 76.3 Å². The van der Waals surface area contributed by atoms with E-state index in [4.69, 9.17) is 11.6 Å². The maximum Gasteiger partial charge on any atom is 0.271 e. The first-order valence-electron chi connectivity index (χ1n) is 7.95. The van der Waals surface area contributed by atoms with Gasteiger partial charge in [-0.2, -0.15) is 5.10 Å². The number of aromatic nitrogens is 1. The summed E-state index contributed by atoms with van der Waals surface area (Å²) >= 11 is 7.18. The van der Waals surface area contributed by atoms with Crippen molar-refractivity contribution < 1.29 is 9.59 Å². The second kappa shape index (κ2) is 8.57. The minimum atomic E-state index is -0.376. The van der Waals surface area contributed by atoms with Crippen molar-refractivity contribution in [2.24, 2.45) is 5.10 Å². The van der Waals surface area contributed by atoms with E-state index in [-0.39, 0.29) is 11.8 Å². The zero-order valence-electron chi connectivity index (χ0n) is 14.3. The molecule has 0 aliphatic rings. The first-order chi connectivity index (χ1) is 13.0. The van der Waals surface area contributed by atoms with Crippen LogP contribution in [-0.4, -0.2) is 23.0 Å². The van der Waals surface area contributed by atoms with E-state index in [1.807, 2.05) is 30.3 Å². The quantitative estimate of drug-likeness (QED) is 0.515. The number of nitrogens with zero attached hydrogens (tertiary/aromatic N) is 3. The summed E-state index contributed by atoms with van der Waals surface area (Å²) in [5.74, 6) is -0.521. The number of rotatable bonds is 5. The summed E-state index contributed by atoms with van der Waals surface area (Å²) in [6, 6.07) is 15.8. The number of para-hydroxylation sites is 1. The van der Waals surface area contributed by atoms with Gasteiger partial charge in [0, 0.05) is 22.9 Å². The molecule has 0 spiro atoms. The molecule has 2 aromatic carbocycles. The molecule has 27 heavy (non-hydrogen) atoms. The molecular weight excluding hydrogens is 384 g/mol. The van der Waals surface area contributed by atoms with E-state index in [1.54, 1.807) is 29.6 Å². The van der Waals surface area contributed by atoms with Gasteiger partial charge in [-0.05, 0) is 30.3 Å². The van der Waals surface area contributed by atoms with Gasteiger partial charge >= 0.3 is 0 Å². The first kappa shape index (κ1) is 18.8. The number of hydrogen-bond acceptors (Lipinski definition) is 5. The van der Waals surface area contributed by atoms with Crippen LogP contribution in [0.25, 0.3) is 0 Å². The number of benzene rings is 2. The van der Waals surface area contributed by atoms with Gasteiger partial charge in [0.1, 0.15) is 0 Å². The number of thiazole rings is 1. The van der Waals surface area contributed by atoms with Crippen LogP contribution in [0.4, 0.5) is 10.8 Å². The molecule has 1 heterocycles. The number of carbonyl (C=O) groups is 2. The molecule has 0 radical (unpaired) electrons. The Kier molecular flexibility index (Phi) is 5.95. The molecule has 0 saturated carbocycles. The predicted octanol–water partition coefficient (Wildman–Crippen LogP) is 4.25. The van der Waals surface area contributed by atoms with Gasteiger partial charge in [-0.3, -0.25) is 14.5 Å². The van der Waals surface area contributed by atoms with E-state index in [2.05, 4.69) is 15.5 Å². The van der Waals surface area contributed by atoms with Gasteiger partial charge in [-0.1, -0.05) is 35.9 Å². The molecule has 6 nitrogen and oxygen atoms in total. The van der Waals surface area contributed by atoms with Gasteiger partial charge in [0.15, 0.2) is 5.13 Å². The highest BCUT2D eigenvalue weighted by Gasteiger charge is 2.17. The molecule has 136 valence electrons. The number of halogens is 1. The highest BCUT2D eigenvalue weighted by atomic mass is 35.5. The zero-order valence-corrected chi connectivity index (χ0v) is 15.9. The Balaban J connectivity index is 1.71. The molecule has 0 saturated heterocycles. The fraction of sp³-hybridized carbons (Fsp3) is 0.0526. The van der Waals surface area contributed by atoms with Gasteiger partial charge in [0.2, 0.25) is 5.91 Å². The zero-order chi connectivity index (χ0) is 19.2. The maximum atomic E-state index is 12.0. The Bertz CT molecular complexity index is 988. The van der Waals surface area contributed by atoms with Crippen molar-refractivity contribution in [2.45, 2.75) is 6.92 Å². The van der Waals surface area contributed by atoms with Gasteiger partial charge in [0.25, 0.3) is 5.91 Å². The average molecular weight is 399 g/mol. The lowest BCUT2D eigenvalue weighted by atomic mass is 10.2. The third-order valence-electron chi connectivity index (χ3n) is 3.48. The van der Waals surface area contributed by atoms with Crippen LogP contribution in [0.5, 0.6) is 0 Å². The van der Waals surface area contributed by atoms with Gasteiger partial charge < -0.3 is 0 Å². The summed E-state index contributed by atoms with van der Waals surface area (Å²) in [5.41, 5.74) is 4.10. The number of anilines is 2. The molecule has 0 atom stereocenters. The smallest absolute Gasteiger partial charge is 0.271 e. The van der Waals surface area contributed by atoms with Crippen molar-refractivity contribution >= 4 is 51.8 Å². The lowest BCUT2D eigenvalue weighted by molar-refractivity contribution is -0.115. The van der Waals surface area contributed by atoms with Crippen LogP contribution in [0, 0.1) is 0 Å². The number of nitrogens with one attached hydrogen (secondary N) is 1. The molecule has 8 heteroatoms. The third-order valence-corrected chi connectivity index (χ3v) is 4.56. The van der Waals surface area contributed by atoms with Crippen LogP contribution in [-0.2, 0) is 4.79 Å². The molecule has 0 aliphatic heterocycles. The number of amides is 2. The normalized spacial score (nSPS) is 10.7. The van der Waals surface area contributed by atoms with Crippen LogP contribution in [0.3, 0.4) is 0 Å². The van der Waals surface area contributed by atoms with E-state index >= 15 is 0 Å². The Morgan fingerprint density at radius 2 is 1.96 bits per heavy atom. The van der Waals surface area contributed by atoms with Crippen LogP contribution < -0.4 is 10.3 Å². The third kappa shape index (κ3) is 4.78. The van der Waals surface area contributed by atoms with Crippen LogP contribution in [0.2, 0.25) is 5.02 Å². The average Bonchev–Trinajstić information content (AvgIpc) is 3.10. The topological polar surface area (TPSA) is 74.7 Å². The van der Waals surface area contributed by atoms with Gasteiger partial charge in [0.05, 0.1) is 17.6 Å². The molecule has 0 unspecified atom stereocenters. The van der Waals surface area contributed by atoms with Crippen LogP contribution in [0.1, 0.15) is 23.0 Å². The van der Waals surface area contributed by atoms with Crippen molar-refractivity contribution in [3.8, 4) is 0 Å². The molecule has 0 bridgehead atoms. The molecule has 0 aliphatic carbocycles. The molecule has 0 fully saturated rings. The fourth-order valence-electron chi connectivity index (χ4n) is 2.29. The Morgan fingerprint density at radius 3 is 2.67 bits per heavy atom. The molecule has 1 N–H and O–H groups in total. The number of hydrogen-bond donors (Lipinski definition) is 1. The van der Waals surface area contributed by atoms with E-state index in [0.717, 1.165) is 5.69 Å². The Labute approximate surface area is 165 Å². The SMILES string of the molecule is CC(=O)N(c1ccccc1)c1nc(/C=N\NC(=O)c2cccc(Cl)c2)cs1. The highest BCUT2D eigenvalue weighted by Crippen LogP contribution is 2.28. The van der Waals surface area contributed by atoms with Crippen LogP contribution in [0.15, 0.2) is 65.1 Å². The fourth-order valence-corrected chi connectivity index (χ4v) is 3.32. The van der Waals surface area contributed by atoms with Crippen molar-refractivity contribution in [1.29, 1.82) is 0 Å². The molecule has 3 aromatic rings. The lowest BCUT2D eigenvalue weighted by Crippen LogP contribution is -2.22. The lowest BCUT2D eigenvalue weighted by Gasteiger charge is -2.17. The summed E-state index contributed by atoms with van der Waals surface area (Å²) in [7, 11) is 0. The van der Waals surface area contributed by atoms with Crippen molar-refractivity contribution in [3.63, 3.8) is 0 Å². The first-order valence-corrected chi connectivity index (χ1v) is 9.20. The molecule has 1 aromatic heterocycles.